The molecule has 0 aliphatic rings. The summed E-state index contributed by atoms with van der Waals surface area (Å²) in [5.74, 6) is -0.241. The standard InChI is InChI=1S/C24H23N5O2S/c1-4-29-22-20(15-25-29)19(14-21(27-22)16-8-6-5-7-9-16)23(30)26-17-10-12-18(13-11-17)32-24(31)28(2)3/h5-15H,4H2,1-3H3,(H,26,30). The van der Waals surface area contributed by atoms with Gasteiger partial charge in [-0.05, 0) is 49.0 Å². The van der Waals surface area contributed by atoms with E-state index in [0.29, 0.717) is 34.5 Å². The van der Waals surface area contributed by atoms with E-state index in [-0.39, 0.29) is 11.1 Å². The Balaban J connectivity index is 1.64. The molecule has 0 unspecified atom stereocenters. The fraction of sp³-hybridized carbons (Fsp3) is 0.167. The molecule has 0 fully saturated rings. The number of carbonyl (C=O) groups excluding carboxylic acids is 2. The van der Waals surface area contributed by atoms with Crippen molar-refractivity contribution < 1.29 is 9.59 Å². The van der Waals surface area contributed by atoms with Gasteiger partial charge in [-0.3, -0.25) is 9.59 Å². The van der Waals surface area contributed by atoms with E-state index >= 15 is 0 Å². The number of amides is 2. The number of hydrogen-bond acceptors (Lipinski definition) is 5. The lowest BCUT2D eigenvalue weighted by atomic mass is 10.1. The number of aromatic nitrogens is 3. The Morgan fingerprint density at radius 2 is 1.78 bits per heavy atom. The van der Waals surface area contributed by atoms with Crippen LogP contribution in [0.3, 0.4) is 0 Å². The van der Waals surface area contributed by atoms with Gasteiger partial charge in [-0.25, -0.2) is 9.67 Å². The molecule has 2 aromatic carbocycles. The number of anilines is 1. The van der Waals surface area contributed by atoms with E-state index in [1.165, 1.54) is 4.90 Å². The highest BCUT2D eigenvalue weighted by molar-refractivity contribution is 8.13. The van der Waals surface area contributed by atoms with Gasteiger partial charge < -0.3 is 10.2 Å². The molecule has 4 rings (SSSR count). The number of carbonyl (C=O) groups is 2. The van der Waals surface area contributed by atoms with E-state index in [1.807, 2.05) is 49.4 Å². The summed E-state index contributed by atoms with van der Waals surface area (Å²) in [7, 11) is 3.42. The van der Waals surface area contributed by atoms with Crippen LogP contribution in [0.25, 0.3) is 22.3 Å². The number of fused-ring (bicyclic) bond motifs is 1. The second-order valence-corrected chi connectivity index (χ2v) is 8.38. The summed E-state index contributed by atoms with van der Waals surface area (Å²) < 4.78 is 1.78. The van der Waals surface area contributed by atoms with Gasteiger partial charge >= 0.3 is 0 Å². The zero-order chi connectivity index (χ0) is 22.7. The van der Waals surface area contributed by atoms with Crippen molar-refractivity contribution in [1.82, 2.24) is 19.7 Å². The summed E-state index contributed by atoms with van der Waals surface area (Å²) in [5, 5.41) is 7.99. The van der Waals surface area contributed by atoms with Gasteiger partial charge in [0.15, 0.2) is 5.65 Å². The predicted molar refractivity (Wildman–Crippen MR) is 128 cm³/mol. The molecule has 0 aliphatic carbocycles. The number of nitrogens with zero attached hydrogens (tertiary/aromatic N) is 4. The third-order valence-corrected chi connectivity index (χ3v) is 5.95. The lowest BCUT2D eigenvalue weighted by molar-refractivity contribution is 0.102. The summed E-state index contributed by atoms with van der Waals surface area (Å²) in [4.78, 5) is 32.2. The van der Waals surface area contributed by atoms with Crippen molar-refractivity contribution in [3.05, 3.63) is 72.4 Å². The normalized spacial score (nSPS) is 10.8. The van der Waals surface area contributed by atoms with Gasteiger partial charge in [0.05, 0.1) is 22.8 Å². The Kier molecular flexibility index (Phi) is 6.23. The molecular formula is C24H23N5O2S. The Morgan fingerprint density at radius 1 is 1.06 bits per heavy atom. The van der Waals surface area contributed by atoms with Crippen molar-refractivity contribution in [3.8, 4) is 11.3 Å². The minimum Gasteiger partial charge on any atom is -0.339 e. The van der Waals surface area contributed by atoms with E-state index in [9.17, 15) is 9.59 Å². The van der Waals surface area contributed by atoms with Crippen LogP contribution in [0.1, 0.15) is 17.3 Å². The Labute approximate surface area is 190 Å². The van der Waals surface area contributed by atoms with Gasteiger partial charge in [-0.15, -0.1) is 0 Å². The molecule has 0 aliphatic heterocycles. The average molecular weight is 446 g/mol. The van der Waals surface area contributed by atoms with Crippen molar-refractivity contribution in [3.63, 3.8) is 0 Å². The van der Waals surface area contributed by atoms with Gasteiger partial charge in [0.25, 0.3) is 11.1 Å². The molecule has 32 heavy (non-hydrogen) atoms. The number of hydrogen-bond donors (Lipinski definition) is 1. The largest absolute Gasteiger partial charge is 0.339 e. The maximum Gasteiger partial charge on any atom is 0.285 e. The van der Waals surface area contributed by atoms with Crippen LogP contribution in [0.2, 0.25) is 0 Å². The smallest absolute Gasteiger partial charge is 0.285 e. The highest BCUT2D eigenvalue weighted by Gasteiger charge is 2.17. The molecule has 2 heterocycles. The second kappa shape index (κ2) is 9.23. The topological polar surface area (TPSA) is 80.1 Å². The van der Waals surface area contributed by atoms with Crippen LogP contribution in [0.5, 0.6) is 0 Å². The molecule has 7 nitrogen and oxygen atoms in total. The first kappa shape index (κ1) is 21.6. The number of rotatable bonds is 5. The molecule has 2 aromatic heterocycles. The maximum absolute atomic E-state index is 13.2. The Morgan fingerprint density at radius 3 is 2.44 bits per heavy atom. The minimum atomic E-state index is -0.241. The minimum absolute atomic E-state index is 0.0534. The quantitative estimate of drug-likeness (QED) is 0.430. The molecule has 0 saturated carbocycles. The first-order chi connectivity index (χ1) is 15.5. The van der Waals surface area contributed by atoms with E-state index in [4.69, 9.17) is 4.98 Å². The van der Waals surface area contributed by atoms with E-state index in [2.05, 4.69) is 10.4 Å². The van der Waals surface area contributed by atoms with Crippen LogP contribution < -0.4 is 5.32 Å². The van der Waals surface area contributed by atoms with Crippen molar-refractivity contribution >= 4 is 39.6 Å². The Hall–Kier alpha value is -3.65. The van der Waals surface area contributed by atoms with Crippen molar-refractivity contribution in [2.24, 2.45) is 0 Å². The molecule has 0 bridgehead atoms. The number of pyridine rings is 1. The molecule has 0 spiro atoms. The molecular weight excluding hydrogens is 422 g/mol. The predicted octanol–water partition coefficient (Wildman–Crippen LogP) is 5.14. The van der Waals surface area contributed by atoms with E-state index in [1.54, 1.807) is 43.2 Å². The van der Waals surface area contributed by atoms with Crippen LogP contribution in [-0.2, 0) is 6.54 Å². The SMILES string of the molecule is CCn1ncc2c(C(=O)Nc3ccc(SC(=O)N(C)C)cc3)cc(-c3ccccc3)nc21. The summed E-state index contributed by atoms with van der Waals surface area (Å²) in [6.07, 6.45) is 1.68. The van der Waals surface area contributed by atoms with E-state index < -0.39 is 0 Å². The molecule has 4 aromatic rings. The molecule has 0 atom stereocenters. The zero-order valence-electron chi connectivity index (χ0n) is 18.1. The summed E-state index contributed by atoms with van der Waals surface area (Å²) in [6.45, 7) is 2.64. The van der Waals surface area contributed by atoms with Crippen LogP contribution in [0.4, 0.5) is 10.5 Å². The van der Waals surface area contributed by atoms with Crippen molar-refractivity contribution in [2.45, 2.75) is 18.4 Å². The highest BCUT2D eigenvalue weighted by atomic mass is 32.2. The van der Waals surface area contributed by atoms with Gasteiger partial charge in [-0.1, -0.05) is 30.3 Å². The molecule has 8 heteroatoms. The maximum atomic E-state index is 13.2. The molecule has 2 amide bonds. The third kappa shape index (κ3) is 4.50. The van der Waals surface area contributed by atoms with Crippen LogP contribution in [0, 0.1) is 0 Å². The van der Waals surface area contributed by atoms with Gasteiger partial charge in [0.2, 0.25) is 0 Å². The summed E-state index contributed by atoms with van der Waals surface area (Å²) >= 11 is 1.14. The second-order valence-electron chi connectivity index (χ2n) is 7.36. The number of thioether (sulfide) groups is 1. The van der Waals surface area contributed by atoms with Crippen LogP contribution in [-0.4, -0.2) is 44.9 Å². The Bertz CT molecular complexity index is 1270. The van der Waals surface area contributed by atoms with Crippen LogP contribution >= 0.6 is 11.8 Å². The number of aryl methyl sites for hydroxylation is 1. The fourth-order valence-corrected chi connectivity index (χ4v) is 3.88. The molecule has 0 radical (unpaired) electrons. The third-order valence-electron chi connectivity index (χ3n) is 4.91. The molecule has 162 valence electrons. The molecule has 0 saturated heterocycles. The summed E-state index contributed by atoms with van der Waals surface area (Å²) in [6, 6.07) is 18.8. The van der Waals surface area contributed by atoms with Gasteiger partial charge in [0, 0.05) is 36.8 Å². The molecule has 1 N–H and O–H groups in total. The fourth-order valence-electron chi connectivity index (χ4n) is 3.22. The lowest BCUT2D eigenvalue weighted by Crippen LogP contribution is -2.16. The first-order valence-corrected chi connectivity index (χ1v) is 11.0. The average Bonchev–Trinajstić information content (AvgIpc) is 3.23. The number of benzene rings is 2. The number of nitrogens with one attached hydrogen (secondary N) is 1. The van der Waals surface area contributed by atoms with Crippen molar-refractivity contribution in [1.29, 1.82) is 0 Å². The lowest BCUT2D eigenvalue weighted by Gasteiger charge is -2.11. The van der Waals surface area contributed by atoms with Gasteiger partial charge in [0.1, 0.15) is 0 Å². The monoisotopic (exact) mass is 445 g/mol. The van der Waals surface area contributed by atoms with E-state index in [0.717, 1.165) is 22.2 Å². The first-order valence-electron chi connectivity index (χ1n) is 10.2. The van der Waals surface area contributed by atoms with Crippen LogP contribution in [0.15, 0.2) is 71.8 Å². The highest BCUT2D eigenvalue weighted by Crippen LogP contribution is 2.27. The summed E-state index contributed by atoms with van der Waals surface area (Å²) in [5.41, 5.74) is 3.47. The zero-order valence-corrected chi connectivity index (χ0v) is 18.9. The van der Waals surface area contributed by atoms with Crippen molar-refractivity contribution in [2.75, 3.05) is 19.4 Å². The van der Waals surface area contributed by atoms with Gasteiger partial charge in [-0.2, -0.15) is 5.10 Å².